The molecule has 3 rings (SSSR count). The van der Waals surface area contributed by atoms with E-state index in [9.17, 15) is 4.79 Å². The lowest BCUT2D eigenvalue weighted by molar-refractivity contribution is 0.111. The summed E-state index contributed by atoms with van der Waals surface area (Å²) in [6, 6.07) is 8.18. The third kappa shape index (κ3) is 1.97. The van der Waals surface area contributed by atoms with Gasteiger partial charge in [0.25, 0.3) is 0 Å². The Morgan fingerprint density at radius 1 is 1.42 bits per heavy atom. The van der Waals surface area contributed by atoms with E-state index in [1.807, 2.05) is 22.8 Å². The molecule has 0 saturated carbocycles. The summed E-state index contributed by atoms with van der Waals surface area (Å²) in [5.41, 5.74) is 1.78. The van der Waals surface area contributed by atoms with Gasteiger partial charge < -0.3 is 4.57 Å². The Hall–Kier alpha value is -1.33. The van der Waals surface area contributed by atoms with Crippen LogP contribution in [-0.4, -0.2) is 15.8 Å². The normalized spacial score (nSPS) is 21.1. The topological polar surface area (TPSA) is 34.9 Å². The van der Waals surface area contributed by atoms with E-state index in [2.05, 4.69) is 39.6 Å². The molecule has 96 valence electrons. The molecule has 1 unspecified atom stereocenters. The molecule has 0 spiro atoms. The van der Waals surface area contributed by atoms with E-state index < -0.39 is 0 Å². The van der Waals surface area contributed by atoms with Crippen LogP contribution in [0.25, 0.3) is 0 Å². The van der Waals surface area contributed by atoms with Crippen molar-refractivity contribution in [3.8, 4) is 0 Å². The van der Waals surface area contributed by atoms with E-state index >= 15 is 0 Å². The fourth-order valence-electron chi connectivity index (χ4n) is 2.24. The number of fused-ring (bicyclic) bond motifs is 1. The van der Waals surface area contributed by atoms with Crippen LogP contribution in [-0.2, 0) is 11.3 Å². The number of carbonyl (C=O) groups is 1. The van der Waals surface area contributed by atoms with E-state index in [1.54, 1.807) is 18.0 Å². The number of hydrogen-bond donors (Lipinski definition) is 0. The van der Waals surface area contributed by atoms with Crippen molar-refractivity contribution in [1.29, 1.82) is 0 Å². The molecule has 0 aliphatic carbocycles. The molecule has 2 heterocycles. The molecule has 0 fully saturated rings. The molecule has 1 aromatic heterocycles. The molecule has 1 aromatic carbocycles. The van der Waals surface area contributed by atoms with Gasteiger partial charge in [0.2, 0.25) is 0 Å². The molecule has 19 heavy (non-hydrogen) atoms. The van der Waals surface area contributed by atoms with Crippen LogP contribution >= 0.6 is 27.7 Å². The van der Waals surface area contributed by atoms with E-state index in [0.717, 1.165) is 21.5 Å². The number of aromatic nitrogens is 2. The molecule has 3 nitrogen and oxygen atoms in total. The van der Waals surface area contributed by atoms with Gasteiger partial charge in [0, 0.05) is 11.0 Å². The van der Waals surface area contributed by atoms with Gasteiger partial charge in [0.1, 0.15) is 5.69 Å². The number of imidazole rings is 1. The predicted molar refractivity (Wildman–Crippen MR) is 79.5 cm³/mol. The molecular formula is C14H11BrN2OS. The predicted octanol–water partition coefficient (Wildman–Crippen LogP) is 3.65. The van der Waals surface area contributed by atoms with Crippen molar-refractivity contribution in [3.63, 3.8) is 0 Å². The van der Waals surface area contributed by atoms with E-state index in [0.29, 0.717) is 12.2 Å². The van der Waals surface area contributed by atoms with Crippen molar-refractivity contribution in [1.82, 2.24) is 9.55 Å². The van der Waals surface area contributed by atoms with E-state index in [-0.39, 0.29) is 4.75 Å². The van der Waals surface area contributed by atoms with Gasteiger partial charge in [-0.2, -0.15) is 0 Å². The maximum atomic E-state index is 11.0. The third-order valence-electron chi connectivity index (χ3n) is 3.30. The second kappa shape index (κ2) is 4.65. The summed E-state index contributed by atoms with van der Waals surface area (Å²) in [6.45, 7) is 4.66. The second-order valence-corrected chi connectivity index (χ2v) is 6.59. The molecule has 2 aromatic rings. The Morgan fingerprint density at radius 2 is 2.16 bits per heavy atom. The van der Waals surface area contributed by atoms with Crippen molar-refractivity contribution in [2.24, 2.45) is 0 Å². The van der Waals surface area contributed by atoms with Gasteiger partial charge in [-0.05, 0) is 17.7 Å². The second-order valence-electron chi connectivity index (χ2n) is 4.37. The van der Waals surface area contributed by atoms with Crippen molar-refractivity contribution in [2.75, 3.05) is 0 Å². The smallest absolute Gasteiger partial charge is 0.169 e. The fraction of sp³-hybridized carbons (Fsp3) is 0.143. The number of carbonyl (C=O) groups excluding carboxylic acids is 1. The largest absolute Gasteiger partial charge is 0.315 e. The number of nitrogens with zero attached hydrogens (tertiary/aromatic N) is 2. The lowest BCUT2D eigenvalue weighted by atomic mass is 9.98. The van der Waals surface area contributed by atoms with Gasteiger partial charge in [-0.3, -0.25) is 4.79 Å². The van der Waals surface area contributed by atoms with E-state index in [1.165, 1.54) is 0 Å². The van der Waals surface area contributed by atoms with Crippen LogP contribution in [0.15, 0.2) is 52.7 Å². The maximum Gasteiger partial charge on any atom is 0.169 e. The van der Waals surface area contributed by atoms with Gasteiger partial charge in [-0.25, -0.2) is 4.98 Å². The Kier molecular flexibility index (Phi) is 3.11. The minimum absolute atomic E-state index is 0.248. The highest BCUT2D eigenvalue weighted by atomic mass is 79.9. The molecule has 0 saturated heterocycles. The monoisotopic (exact) mass is 334 g/mol. The maximum absolute atomic E-state index is 11.0. The van der Waals surface area contributed by atoms with Crippen LogP contribution < -0.4 is 0 Å². The minimum Gasteiger partial charge on any atom is -0.315 e. The Morgan fingerprint density at radius 3 is 2.79 bits per heavy atom. The van der Waals surface area contributed by atoms with Gasteiger partial charge in [0.15, 0.2) is 11.4 Å². The van der Waals surface area contributed by atoms with Gasteiger partial charge in [0.05, 0.1) is 10.9 Å². The average molecular weight is 335 g/mol. The minimum atomic E-state index is -0.248. The first-order valence-corrected chi connectivity index (χ1v) is 7.39. The van der Waals surface area contributed by atoms with Crippen molar-refractivity contribution in [2.45, 2.75) is 16.4 Å². The molecule has 0 radical (unpaired) electrons. The van der Waals surface area contributed by atoms with Crippen molar-refractivity contribution < 1.29 is 4.79 Å². The lowest BCUT2D eigenvalue weighted by Gasteiger charge is -2.23. The average Bonchev–Trinajstić information content (AvgIpc) is 2.97. The number of halogens is 1. The van der Waals surface area contributed by atoms with Crippen LogP contribution in [0.2, 0.25) is 0 Å². The molecule has 0 N–H and O–H groups in total. The Labute approximate surface area is 123 Å². The van der Waals surface area contributed by atoms with Crippen LogP contribution in [0.3, 0.4) is 0 Å². The van der Waals surface area contributed by atoms with Crippen LogP contribution in [0.5, 0.6) is 0 Å². The third-order valence-corrected chi connectivity index (χ3v) is 5.23. The molecule has 0 amide bonds. The molecule has 1 aliphatic rings. The summed E-state index contributed by atoms with van der Waals surface area (Å²) in [4.78, 5) is 15.3. The molecule has 1 aliphatic heterocycles. The first-order chi connectivity index (χ1) is 9.18. The number of aldehydes is 1. The number of rotatable bonds is 3. The van der Waals surface area contributed by atoms with Crippen LogP contribution in [0.1, 0.15) is 16.1 Å². The summed E-state index contributed by atoms with van der Waals surface area (Å²) in [5.74, 6) is 0. The highest BCUT2D eigenvalue weighted by Crippen LogP contribution is 2.49. The van der Waals surface area contributed by atoms with Gasteiger partial charge in [-0.1, -0.05) is 45.9 Å². The van der Waals surface area contributed by atoms with Crippen LogP contribution in [0.4, 0.5) is 0 Å². The van der Waals surface area contributed by atoms with Crippen LogP contribution in [0, 0.1) is 0 Å². The summed E-state index contributed by atoms with van der Waals surface area (Å²) in [5, 5.41) is 0.866. The van der Waals surface area contributed by atoms with Gasteiger partial charge in [-0.15, -0.1) is 6.58 Å². The fourth-order valence-corrected chi connectivity index (χ4v) is 3.75. The standard InChI is InChI=1S/C14H11BrN2OS/c1-2-14(10-3-5-11(15)6-4-10)9-17-12(8-18)7-16-13(17)19-14/h2-8H,1,9H2. The molecular weight excluding hydrogens is 324 g/mol. The zero-order chi connectivity index (χ0) is 13.5. The summed E-state index contributed by atoms with van der Waals surface area (Å²) < 4.78 is 2.74. The van der Waals surface area contributed by atoms with E-state index in [4.69, 9.17) is 0 Å². The number of benzene rings is 1. The summed E-state index contributed by atoms with van der Waals surface area (Å²) in [6.07, 6.45) is 4.39. The first-order valence-electron chi connectivity index (χ1n) is 5.78. The Balaban J connectivity index is 2.04. The number of thioether (sulfide) groups is 1. The quantitative estimate of drug-likeness (QED) is 0.634. The summed E-state index contributed by atoms with van der Waals surface area (Å²) in [7, 11) is 0. The molecule has 0 bridgehead atoms. The zero-order valence-corrected chi connectivity index (χ0v) is 12.4. The Bertz CT molecular complexity index is 650. The van der Waals surface area contributed by atoms with Crippen molar-refractivity contribution in [3.05, 3.63) is 58.8 Å². The van der Waals surface area contributed by atoms with Gasteiger partial charge >= 0.3 is 0 Å². The zero-order valence-electron chi connectivity index (χ0n) is 10.0. The first kappa shape index (κ1) is 12.7. The highest BCUT2D eigenvalue weighted by molar-refractivity contribution is 9.10. The highest BCUT2D eigenvalue weighted by Gasteiger charge is 2.39. The summed E-state index contributed by atoms with van der Waals surface area (Å²) >= 11 is 5.08. The van der Waals surface area contributed by atoms with Crippen molar-refractivity contribution >= 4 is 34.0 Å². The SMILES string of the molecule is C=CC1(c2ccc(Br)cc2)Cn2c(C=O)cnc2S1. The number of hydrogen-bond acceptors (Lipinski definition) is 3. The lowest BCUT2D eigenvalue weighted by Crippen LogP contribution is -2.20. The molecule has 1 atom stereocenters. The molecule has 5 heteroatoms.